The van der Waals surface area contributed by atoms with Crippen molar-refractivity contribution in [1.82, 2.24) is 0 Å². The van der Waals surface area contributed by atoms with Gasteiger partial charge >= 0.3 is 0 Å². The number of hydrogen-bond donors (Lipinski definition) is 1. The SMILES string of the molecule is C=NC1C2C(CCC1(C)O)C(C)(N=C)CCC2C1(C)CCC(C(C)(C)N=C)O1. The van der Waals surface area contributed by atoms with Crippen molar-refractivity contribution in [3.8, 4) is 0 Å². The second-order valence-electron chi connectivity index (χ2n) is 10.6. The molecule has 28 heavy (non-hydrogen) atoms. The van der Waals surface area contributed by atoms with E-state index in [-0.39, 0.29) is 34.7 Å². The van der Waals surface area contributed by atoms with Crippen LogP contribution in [0, 0.1) is 17.8 Å². The zero-order valence-corrected chi connectivity index (χ0v) is 18.4. The molecule has 1 aliphatic heterocycles. The standard InChI is InChI=1S/C23H39N3O2/c1-20(2,25-7)17-11-14-23(5,28-17)16-9-12-21(3,26-8)15-10-13-22(4,27)19(24-6)18(15)16/h15-19,27H,6-14H2,1-5H3. The van der Waals surface area contributed by atoms with Gasteiger partial charge in [-0.25, -0.2) is 0 Å². The predicted octanol–water partition coefficient (Wildman–Crippen LogP) is 4.12. The second kappa shape index (κ2) is 7.02. The van der Waals surface area contributed by atoms with E-state index in [4.69, 9.17) is 4.74 Å². The molecule has 1 heterocycles. The van der Waals surface area contributed by atoms with E-state index in [0.717, 1.165) is 38.5 Å². The van der Waals surface area contributed by atoms with Gasteiger partial charge in [-0.15, -0.1) is 0 Å². The Hall–Kier alpha value is -1.07. The highest BCUT2D eigenvalue weighted by molar-refractivity contribution is 5.30. The number of fused-ring (bicyclic) bond motifs is 1. The van der Waals surface area contributed by atoms with Crippen LogP contribution >= 0.6 is 0 Å². The largest absolute Gasteiger partial charge is 0.388 e. The molecule has 8 unspecified atom stereocenters. The summed E-state index contributed by atoms with van der Waals surface area (Å²) < 4.78 is 6.73. The van der Waals surface area contributed by atoms with Gasteiger partial charge in [0, 0.05) is 0 Å². The fourth-order valence-corrected chi connectivity index (χ4v) is 6.43. The van der Waals surface area contributed by atoms with Crippen molar-refractivity contribution in [3.05, 3.63) is 0 Å². The van der Waals surface area contributed by atoms with Gasteiger partial charge in [0.25, 0.3) is 0 Å². The fraction of sp³-hybridized carbons (Fsp3) is 0.870. The summed E-state index contributed by atoms with van der Waals surface area (Å²) >= 11 is 0. The molecule has 3 aliphatic rings. The summed E-state index contributed by atoms with van der Waals surface area (Å²) in [5.41, 5.74) is -1.56. The smallest absolute Gasteiger partial charge is 0.0844 e. The number of aliphatic hydroxyl groups is 1. The number of nitrogens with zero attached hydrogens (tertiary/aromatic N) is 3. The lowest BCUT2D eigenvalue weighted by atomic mass is 9.51. The van der Waals surface area contributed by atoms with E-state index < -0.39 is 5.60 Å². The molecule has 0 bridgehead atoms. The monoisotopic (exact) mass is 389 g/mol. The third-order valence-electron chi connectivity index (χ3n) is 8.50. The first-order valence-electron chi connectivity index (χ1n) is 10.8. The molecule has 0 spiro atoms. The normalized spacial score (nSPS) is 49.3. The lowest BCUT2D eigenvalue weighted by molar-refractivity contribution is -0.156. The number of ether oxygens (including phenoxy) is 1. The molecule has 5 heteroatoms. The molecule has 5 nitrogen and oxygen atoms in total. The molecule has 2 saturated carbocycles. The molecule has 3 fully saturated rings. The Bertz CT molecular complexity index is 646. The molecule has 0 aromatic rings. The lowest BCUT2D eigenvalue weighted by Gasteiger charge is -2.58. The van der Waals surface area contributed by atoms with Crippen molar-refractivity contribution in [2.24, 2.45) is 32.7 Å². The van der Waals surface area contributed by atoms with Gasteiger partial charge < -0.3 is 9.84 Å². The van der Waals surface area contributed by atoms with Crippen LogP contribution in [-0.4, -0.2) is 59.7 Å². The minimum absolute atomic E-state index is 0.0681. The molecule has 1 saturated heterocycles. The molecule has 0 aromatic heterocycles. The third-order valence-corrected chi connectivity index (χ3v) is 8.50. The van der Waals surface area contributed by atoms with E-state index in [9.17, 15) is 5.11 Å². The summed E-state index contributed by atoms with van der Waals surface area (Å²) in [6, 6.07) is -0.206. The molecule has 8 atom stereocenters. The summed E-state index contributed by atoms with van der Waals surface area (Å²) in [6.07, 6.45) is 5.71. The van der Waals surface area contributed by atoms with E-state index in [2.05, 4.69) is 62.8 Å². The first-order chi connectivity index (χ1) is 12.9. The molecule has 0 radical (unpaired) electrons. The zero-order chi connectivity index (χ0) is 21.0. The van der Waals surface area contributed by atoms with Crippen LogP contribution in [0.25, 0.3) is 0 Å². The van der Waals surface area contributed by atoms with E-state index >= 15 is 0 Å². The minimum atomic E-state index is -0.836. The van der Waals surface area contributed by atoms with Gasteiger partial charge in [-0.1, -0.05) is 0 Å². The van der Waals surface area contributed by atoms with Crippen molar-refractivity contribution in [1.29, 1.82) is 0 Å². The first kappa shape index (κ1) is 21.6. The van der Waals surface area contributed by atoms with Crippen LogP contribution in [-0.2, 0) is 4.74 Å². The average molecular weight is 390 g/mol. The summed E-state index contributed by atoms with van der Waals surface area (Å²) in [7, 11) is 0. The fourth-order valence-electron chi connectivity index (χ4n) is 6.43. The zero-order valence-electron chi connectivity index (χ0n) is 18.4. The van der Waals surface area contributed by atoms with Gasteiger partial charge in [0.2, 0.25) is 0 Å². The van der Waals surface area contributed by atoms with Gasteiger partial charge in [0.15, 0.2) is 0 Å². The second-order valence-corrected chi connectivity index (χ2v) is 10.6. The van der Waals surface area contributed by atoms with Crippen LogP contribution in [0.5, 0.6) is 0 Å². The molecular weight excluding hydrogens is 350 g/mol. The molecule has 1 N–H and O–H groups in total. The van der Waals surface area contributed by atoms with Crippen LogP contribution in [0.3, 0.4) is 0 Å². The van der Waals surface area contributed by atoms with Gasteiger partial charge in [0.1, 0.15) is 0 Å². The van der Waals surface area contributed by atoms with Crippen molar-refractivity contribution in [2.45, 2.75) is 108 Å². The van der Waals surface area contributed by atoms with Crippen LogP contribution in [0.15, 0.2) is 15.0 Å². The maximum Gasteiger partial charge on any atom is 0.0844 e. The van der Waals surface area contributed by atoms with Crippen molar-refractivity contribution >= 4 is 20.2 Å². The molecule has 158 valence electrons. The van der Waals surface area contributed by atoms with E-state index in [1.54, 1.807) is 0 Å². The number of rotatable bonds is 5. The van der Waals surface area contributed by atoms with Crippen LogP contribution in [0.4, 0.5) is 0 Å². The Morgan fingerprint density at radius 3 is 2.18 bits per heavy atom. The van der Waals surface area contributed by atoms with Crippen molar-refractivity contribution < 1.29 is 9.84 Å². The third kappa shape index (κ3) is 3.28. The molecule has 0 aromatic carbocycles. The summed E-state index contributed by atoms with van der Waals surface area (Å²) in [6.45, 7) is 22.1. The summed E-state index contributed by atoms with van der Waals surface area (Å²) in [5, 5.41) is 11.1. The van der Waals surface area contributed by atoms with E-state index in [1.807, 2.05) is 6.92 Å². The van der Waals surface area contributed by atoms with Gasteiger partial charge in [0.05, 0.1) is 34.4 Å². The van der Waals surface area contributed by atoms with Crippen LogP contribution in [0.1, 0.15) is 73.1 Å². The summed E-state index contributed by atoms with van der Waals surface area (Å²) in [5.74, 6) is 0.832. The number of hydrogen-bond acceptors (Lipinski definition) is 5. The molecule has 2 aliphatic carbocycles. The lowest BCUT2D eigenvalue weighted by Crippen LogP contribution is -2.62. The quantitative estimate of drug-likeness (QED) is 0.719. The highest BCUT2D eigenvalue weighted by atomic mass is 16.5. The average Bonchev–Trinajstić information content (AvgIpc) is 3.05. The molecule has 0 amide bonds. The predicted molar refractivity (Wildman–Crippen MR) is 117 cm³/mol. The highest BCUT2D eigenvalue weighted by Gasteiger charge is 2.61. The van der Waals surface area contributed by atoms with E-state index in [0.29, 0.717) is 11.8 Å². The highest BCUT2D eigenvalue weighted by Crippen LogP contribution is 2.58. The van der Waals surface area contributed by atoms with Gasteiger partial charge in [-0.3, -0.25) is 15.0 Å². The Morgan fingerprint density at radius 1 is 0.964 bits per heavy atom. The van der Waals surface area contributed by atoms with Gasteiger partial charge in [-0.2, -0.15) is 0 Å². The minimum Gasteiger partial charge on any atom is -0.388 e. The Morgan fingerprint density at radius 2 is 1.61 bits per heavy atom. The topological polar surface area (TPSA) is 66.5 Å². The van der Waals surface area contributed by atoms with Crippen molar-refractivity contribution in [3.63, 3.8) is 0 Å². The Balaban J connectivity index is 1.97. The first-order valence-corrected chi connectivity index (χ1v) is 10.8. The Labute approximate surface area is 170 Å². The van der Waals surface area contributed by atoms with E-state index in [1.165, 1.54) is 0 Å². The number of aliphatic imine (C=N–C) groups is 3. The van der Waals surface area contributed by atoms with Crippen molar-refractivity contribution in [2.75, 3.05) is 0 Å². The maximum atomic E-state index is 11.1. The van der Waals surface area contributed by atoms with Gasteiger partial charge in [-0.05, 0) is 111 Å². The molecule has 3 rings (SSSR count). The van der Waals surface area contributed by atoms with Crippen LogP contribution < -0.4 is 0 Å². The Kier molecular flexibility index (Phi) is 5.42. The molecular formula is C23H39N3O2. The van der Waals surface area contributed by atoms with Crippen LogP contribution in [0.2, 0.25) is 0 Å². The maximum absolute atomic E-state index is 11.1. The summed E-state index contributed by atoms with van der Waals surface area (Å²) in [4.78, 5) is 13.4.